The van der Waals surface area contributed by atoms with E-state index in [1.807, 2.05) is 0 Å². The van der Waals surface area contributed by atoms with E-state index in [1.54, 1.807) is 30.5 Å². The van der Waals surface area contributed by atoms with Gasteiger partial charge in [0.1, 0.15) is 11.6 Å². The fourth-order valence-electron chi connectivity index (χ4n) is 1.22. The van der Waals surface area contributed by atoms with Crippen LogP contribution in [0.1, 0.15) is 0 Å². The largest absolute Gasteiger partial charge is 0.508 e. The van der Waals surface area contributed by atoms with Crippen LogP contribution in [-0.4, -0.2) is 10.1 Å². The minimum absolute atomic E-state index is 0.193. The van der Waals surface area contributed by atoms with Crippen molar-refractivity contribution in [1.82, 2.24) is 4.98 Å². The van der Waals surface area contributed by atoms with Crippen LogP contribution in [0.4, 0.5) is 4.39 Å². The quantitative estimate of drug-likeness (QED) is 0.747. The Hall–Kier alpha value is -1.90. The Morgan fingerprint density at radius 1 is 1.00 bits per heavy atom. The molecule has 0 bridgehead atoms. The molecule has 2 aromatic rings. The van der Waals surface area contributed by atoms with Crippen LogP contribution >= 0.6 is 0 Å². The van der Waals surface area contributed by atoms with Crippen molar-refractivity contribution < 1.29 is 9.50 Å². The molecule has 0 spiro atoms. The van der Waals surface area contributed by atoms with Gasteiger partial charge >= 0.3 is 0 Å². The second-order valence-electron chi connectivity index (χ2n) is 2.94. The minimum atomic E-state index is -0.365. The van der Waals surface area contributed by atoms with Crippen LogP contribution < -0.4 is 0 Å². The zero-order valence-corrected chi connectivity index (χ0v) is 7.31. The molecule has 0 aliphatic rings. The summed E-state index contributed by atoms with van der Waals surface area (Å²) in [5, 5.41) is 9.07. The maximum atomic E-state index is 12.8. The zero-order chi connectivity index (χ0) is 9.97. The third-order valence-corrected chi connectivity index (χ3v) is 1.91. The molecule has 0 aliphatic heterocycles. The minimum Gasteiger partial charge on any atom is -0.508 e. The van der Waals surface area contributed by atoms with Crippen LogP contribution in [0.3, 0.4) is 0 Å². The topological polar surface area (TPSA) is 33.1 Å². The second kappa shape index (κ2) is 3.46. The first-order valence-electron chi connectivity index (χ1n) is 4.16. The van der Waals surface area contributed by atoms with E-state index < -0.39 is 0 Å². The van der Waals surface area contributed by atoms with E-state index in [0.717, 1.165) is 11.8 Å². The van der Waals surface area contributed by atoms with Crippen LogP contribution in [-0.2, 0) is 0 Å². The van der Waals surface area contributed by atoms with Crippen molar-refractivity contribution in [3.05, 3.63) is 48.5 Å². The van der Waals surface area contributed by atoms with Crippen molar-refractivity contribution in [3.8, 4) is 16.9 Å². The third-order valence-electron chi connectivity index (χ3n) is 1.91. The number of benzene rings is 1. The summed E-state index contributed by atoms with van der Waals surface area (Å²) >= 11 is 0. The van der Waals surface area contributed by atoms with Crippen molar-refractivity contribution >= 4 is 0 Å². The predicted molar refractivity (Wildman–Crippen MR) is 51.3 cm³/mol. The molecule has 0 saturated carbocycles. The van der Waals surface area contributed by atoms with Gasteiger partial charge in [0.05, 0.1) is 6.20 Å². The summed E-state index contributed by atoms with van der Waals surface area (Å²) in [6, 6.07) is 7.94. The lowest BCUT2D eigenvalue weighted by atomic mass is 10.1. The molecular formula is C11H8FNO. The first-order valence-corrected chi connectivity index (χ1v) is 4.16. The Bertz CT molecular complexity index is 439. The number of phenolic OH excluding ortho intramolecular Hbond substituents is 1. The van der Waals surface area contributed by atoms with Gasteiger partial charge in [-0.05, 0) is 23.8 Å². The van der Waals surface area contributed by atoms with Crippen molar-refractivity contribution in [1.29, 1.82) is 0 Å². The number of hydrogen-bond donors (Lipinski definition) is 1. The highest BCUT2D eigenvalue weighted by Crippen LogP contribution is 2.21. The third kappa shape index (κ3) is 1.71. The van der Waals surface area contributed by atoms with E-state index in [-0.39, 0.29) is 11.6 Å². The van der Waals surface area contributed by atoms with Crippen molar-refractivity contribution in [2.24, 2.45) is 0 Å². The number of halogens is 1. The molecule has 1 heterocycles. The summed E-state index contributed by atoms with van der Waals surface area (Å²) in [6.45, 7) is 0. The van der Waals surface area contributed by atoms with Crippen LogP contribution in [0.2, 0.25) is 0 Å². The molecular weight excluding hydrogens is 181 g/mol. The molecule has 2 rings (SSSR count). The number of aromatic hydroxyl groups is 1. The first-order chi connectivity index (χ1) is 6.75. The van der Waals surface area contributed by atoms with E-state index in [1.165, 1.54) is 6.07 Å². The average Bonchev–Trinajstić information content (AvgIpc) is 2.19. The van der Waals surface area contributed by atoms with Crippen molar-refractivity contribution in [2.75, 3.05) is 0 Å². The Kier molecular flexibility index (Phi) is 2.14. The van der Waals surface area contributed by atoms with E-state index in [2.05, 4.69) is 4.98 Å². The highest BCUT2D eigenvalue weighted by Gasteiger charge is 1.99. The maximum Gasteiger partial charge on any atom is 0.142 e. The Labute approximate surface area is 80.7 Å². The summed E-state index contributed by atoms with van der Waals surface area (Å²) in [6.07, 6.45) is 2.74. The highest BCUT2D eigenvalue weighted by atomic mass is 19.1. The number of nitrogens with zero attached hydrogens (tertiary/aromatic N) is 1. The fraction of sp³-hybridized carbons (Fsp3) is 0. The van der Waals surface area contributed by atoms with E-state index in [0.29, 0.717) is 5.56 Å². The molecule has 1 N–H and O–H groups in total. The number of phenols is 1. The average molecular weight is 189 g/mol. The molecule has 0 unspecified atom stereocenters. The normalized spacial score (nSPS) is 10.1. The Balaban J connectivity index is 2.44. The van der Waals surface area contributed by atoms with Crippen molar-refractivity contribution in [3.63, 3.8) is 0 Å². The molecule has 2 nitrogen and oxygen atoms in total. The van der Waals surface area contributed by atoms with Gasteiger partial charge in [0.25, 0.3) is 0 Å². The monoisotopic (exact) mass is 189 g/mol. The van der Waals surface area contributed by atoms with Gasteiger partial charge in [-0.3, -0.25) is 4.98 Å². The highest BCUT2D eigenvalue weighted by molar-refractivity contribution is 5.62. The lowest BCUT2D eigenvalue weighted by Crippen LogP contribution is -1.82. The Morgan fingerprint density at radius 2 is 1.71 bits per heavy atom. The summed E-state index contributed by atoms with van der Waals surface area (Å²) in [7, 11) is 0. The summed E-state index contributed by atoms with van der Waals surface area (Å²) in [4.78, 5) is 3.75. The number of pyridine rings is 1. The van der Waals surface area contributed by atoms with Gasteiger partial charge in [0.2, 0.25) is 0 Å². The molecule has 14 heavy (non-hydrogen) atoms. The Morgan fingerprint density at radius 3 is 2.36 bits per heavy atom. The van der Waals surface area contributed by atoms with Gasteiger partial charge < -0.3 is 5.11 Å². The number of rotatable bonds is 1. The van der Waals surface area contributed by atoms with Crippen LogP contribution in [0, 0.1) is 5.82 Å². The molecule has 0 radical (unpaired) electrons. The van der Waals surface area contributed by atoms with E-state index in [9.17, 15) is 4.39 Å². The van der Waals surface area contributed by atoms with Crippen LogP contribution in [0.25, 0.3) is 11.1 Å². The van der Waals surface area contributed by atoms with E-state index >= 15 is 0 Å². The number of hydrogen-bond acceptors (Lipinski definition) is 2. The molecule has 0 amide bonds. The van der Waals surface area contributed by atoms with Crippen LogP contribution in [0.5, 0.6) is 5.75 Å². The smallest absolute Gasteiger partial charge is 0.142 e. The molecule has 0 fully saturated rings. The van der Waals surface area contributed by atoms with Gasteiger partial charge in [-0.25, -0.2) is 4.39 Å². The summed E-state index contributed by atoms with van der Waals surface area (Å²) < 4.78 is 12.8. The lowest BCUT2D eigenvalue weighted by Gasteiger charge is -2.00. The molecule has 0 saturated heterocycles. The lowest BCUT2D eigenvalue weighted by molar-refractivity contribution is 0.475. The molecule has 1 aromatic carbocycles. The maximum absolute atomic E-state index is 12.8. The van der Waals surface area contributed by atoms with Gasteiger partial charge in [-0.15, -0.1) is 0 Å². The van der Waals surface area contributed by atoms with Crippen molar-refractivity contribution in [2.45, 2.75) is 0 Å². The van der Waals surface area contributed by atoms with Gasteiger partial charge in [-0.2, -0.15) is 0 Å². The van der Waals surface area contributed by atoms with Gasteiger partial charge in [0, 0.05) is 11.8 Å². The van der Waals surface area contributed by atoms with Gasteiger partial charge in [-0.1, -0.05) is 12.1 Å². The fourth-order valence-corrected chi connectivity index (χ4v) is 1.22. The predicted octanol–water partition coefficient (Wildman–Crippen LogP) is 2.59. The molecule has 3 heteroatoms. The zero-order valence-electron chi connectivity index (χ0n) is 7.31. The standard InChI is InChI=1S/C11H8FNO/c12-10-5-9(6-13-7-10)8-1-3-11(14)4-2-8/h1-7,14H. The molecule has 0 aliphatic carbocycles. The molecule has 0 atom stereocenters. The molecule has 1 aromatic heterocycles. The summed E-state index contributed by atoms with van der Waals surface area (Å²) in [5.74, 6) is -0.173. The first kappa shape index (κ1) is 8.69. The van der Waals surface area contributed by atoms with Crippen LogP contribution in [0.15, 0.2) is 42.7 Å². The van der Waals surface area contributed by atoms with E-state index in [4.69, 9.17) is 5.11 Å². The SMILES string of the molecule is Oc1ccc(-c2cncc(F)c2)cc1. The second-order valence-corrected chi connectivity index (χ2v) is 2.94. The molecule has 70 valence electrons. The number of aromatic nitrogens is 1. The summed E-state index contributed by atoms with van der Waals surface area (Å²) in [5.41, 5.74) is 1.53. The van der Waals surface area contributed by atoms with Gasteiger partial charge in [0.15, 0.2) is 0 Å².